The number of nitrogens with zero attached hydrogens (tertiary/aromatic N) is 4. The Hall–Kier alpha value is -2.07. The van der Waals surface area contributed by atoms with Crippen LogP contribution in [0.4, 0.5) is 8.78 Å². The Morgan fingerprint density at radius 2 is 2.00 bits per heavy atom. The molecule has 0 unspecified atom stereocenters. The molecule has 3 rings (SSSR count). The van der Waals surface area contributed by atoms with Crippen molar-refractivity contribution in [3.63, 3.8) is 0 Å². The standard InChI is InChI=1S/C12H8F2N4O2S2/c1-6-15-12(22-18-6)21-11-17-16-9(20-11)7-2-4-8(5-3-7)19-10(13)14/h2-5,10H,1H3. The van der Waals surface area contributed by atoms with Crippen molar-refractivity contribution in [2.24, 2.45) is 0 Å². The van der Waals surface area contributed by atoms with E-state index in [0.717, 1.165) is 0 Å². The first-order valence-electron chi connectivity index (χ1n) is 5.97. The Balaban J connectivity index is 1.73. The van der Waals surface area contributed by atoms with Crippen molar-refractivity contribution in [1.29, 1.82) is 0 Å². The summed E-state index contributed by atoms with van der Waals surface area (Å²) in [5, 5.41) is 8.14. The van der Waals surface area contributed by atoms with Gasteiger partial charge in [-0.05, 0) is 42.7 Å². The highest BCUT2D eigenvalue weighted by Crippen LogP contribution is 2.30. The molecule has 0 saturated heterocycles. The van der Waals surface area contributed by atoms with Crippen LogP contribution in [0, 0.1) is 6.92 Å². The highest BCUT2D eigenvalue weighted by Gasteiger charge is 2.13. The van der Waals surface area contributed by atoms with E-state index in [-0.39, 0.29) is 11.6 Å². The summed E-state index contributed by atoms with van der Waals surface area (Å²) in [6.07, 6.45) is 0. The van der Waals surface area contributed by atoms with Gasteiger partial charge in [-0.15, -0.1) is 10.2 Å². The van der Waals surface area contributed by atoms with E-state index in [1.54, 1.807) is 19.1 Å². The molecule has 0 spiro atoms. The van der Waals surface area contributed by atoms with Crippen LogP contribution in [0.1, 0.15) is 5.82 Å². The Morgan fingerprint density at radius 1 is 1.23 bits per heavy atom. The lowest BCUT2D eigenvalue weighted by atomic mass is 10.2. The maximum absolute atomic E-state index is 12.1. The molecule has 22 heavy (non-hydrogen) atoms. The van der Waals surface area contributed by atoms with Crippen LogP contribution >= 0.6 is 23.3 Å². The van der Waals surface area contributed by atoms with E-state index in [0.29, 0.717) is 21.0 Å². The average Bonchev–Trinajstić information content (AvgIpc) is 3.09. The van der Waals surface area contributed by atoms with Crippen molar-refractivity contribution in [2.75, 3.05) is 0 Å². The first-order chi connectivity index (χ1) is 10.6. The molecule has 2 aromatic heterocycles. The maximum Gasteiger partial charge on any atom is 0.387 e. The summed E-state index contributed by atoms with van der Waals surface area (Å²) in [4.78, 5) is 4.18. The van der Waals surface area contributed by atoms with Gasteiger partial charge in [-0.2, -0.15) is 13.2 Å². The molecule has 0 aliphatic rings. The van der Waals surface area contributed by atoms with E-state index in [9.17, 15) is 8.78 Å². The highest BCUT2D eigenvalue weighted by molar-refractivity contribution is 8.00. The molecule has 10 heteroatoms. The number of halogens is 2. The third-order valence-corrected chi connectivity index (χ3v) is 4.10. The van der Waals surface area contributed by atoms with Crippen LogP contribution in [0.2, 0.25) is 0 Å². The van der Waals surface area contributed by atoms with Crippen LogP contribution in [0.15, 0.2) is 38.2 Å². The number of benzene rings is 1. The Bertz CT molecular complexity index is 761. The molecule has 0 fully saturated rings. The van der Waals surface area contributed by atoms with Crippen LogP contribution < -0.4 is 4.74 Å². The molecular weight excluding hydrogens is 334 g/mol. The average molecular weight is 342 g/mol. The molecule has 0 N–H and O–H groups in total. The highest BCUT2D eigenvalue weighted by atomic mass is 32.2. The molecule has 2 heterocycles. The molecule has 0 aliphatic carbocycles. The lowest BCUT2D eigenvalue weighted by molar-refractivity contribution is -0.0498. The van der Waals surface area contributed by atoms with Gasteiger partial charge in [-0.25, -0.2) is 4.98 Å². The lowest BCUT2D eigenvalue weighted by Crippen LogP contribution is -2.01. The summed E-state index contributed by atoms with van der Waals surface area (Å²) in [5.74, 6) is 1.03. The van der Waals surface area contributed by atoms with Crippen LogP contribution in [0.3, 0.4) is 0 Å². The smallest absolute Gasteiger partial charge is 0.387 e. The Kier molecular flexibility index (Phi) is 4.29. The second kappa shape index (κ2) is 6.36. The Labute approximate surface area is 131 Å². The van der Waals surface area contributed by atoms with Gasteiger partial charge in [0.05, 0.1) is 0 Å². The van der Waals surface area contributed by atoms with E-state index in [4.69, 9.17) is 4.42 Å². The van der Waals surface area contributed by atoms with Gasteiger partial charge in [0.15, 0.2) is 4.34 Å². The molecule has 0 saturated carbocycles. The van der Waals surface area contributed by atoms with Crippen molar-refractivity contribution in [2.45, 2.75) is 23.1 Å². The number of rotatable bonds is 5. The zero-order valence-electron chi connectivity index (χ0n) is 11.1. The first kappa shape index (κ1) is 14.9. The van der Waals surface area contributed by atoms with Crippen LogP contribution in [0.25, 0.3) is 11.5 Å². The number of hydrogen-bond acceptors (Lipinski definition) is 8. The summed E-state index contributed by atoms with van der Waals surface area (Å²) in [6.45, 7) is -1.06. The van der Waals surface area contributed by atoms with Crippen LogP contribution in [-0.4, -0.2) is 26.2 Å². The first-order valence-corrected chi connectivity index (χ1v) is 7.56. The minimum atomic E-state index is -2.85. The number of alkyl halides is 2. The van der Waals surface area contributed by atoms with Crippen molar-refractivity contribution in [1.82, 2.24) is 19.6 Å². The third-order valence-electron chi connectivity index (χ3n) is 2.42. The zero-order valence-corrected chi connectivity index (χ0v) is 12.7. The lowest BCUT2D eigenvalue weighted by Gasteiger charge is -2.03. The van der Waals surface area contributed by atoms with E-state index >= 15 is 0 Å². The normalized spacial score (nSPS) is 11.1. The van der Waals surface area contributed by atoms with E-state index < -0.39 is 6.61 Å². The molecule has 0 radical (unpaired) electrons. The maximum atomic E-state index is 12.1. The molecule has 0 bridgehead atoms. The third kappa shape index (κ3) is 3.57. The number of aromatic nitrogens is 4. The molecule has 114 valence electrons. The summed E-state index contributed by atoms with van der Waals surface area (Å²) in [7, 11) is 0. The largest absolute Gasteiger partial charge is 0.435 e. The zero-order chi connectivity index (χ0) is 15.5. The molecule has 0 amide bonds. The van der Waals surface area contributed by atoms with Crippen molar-refractivity contribution in [3.05, 3.63) is 30.1 Å². The fourth-order valence-corrected chi connectivity index (χ4v) is 2.97. The second-order valence-corrected chi connectivity index (χ2v) is 5.94. The molecule has 3 aromatic rings. The molecule has 1 aromatic carbocycles. The number of hydrogen-bond donors (Lipinski definition) is 0. The van der Waals surface area contributed by atoms with Crippen LogP contribution in [0.5, 0.6) is 5.75 Å². The summed E-state index contributed by atoms with van der Waals surface area (Å²) >= 11 is 2.46. The van der Waals surface area contributed by atoms with Gasteiger partial charge in [0.1, 0.15) is 11.6 Å². The fourth-order valence-electron chi connectivity index (χ4n) is 1.54. The van der Waals surface area contributed by atoms with Crippen molar-refractivity contribution >= 4 is 23.3 Å². The van der Waals surface area contributed by atoms with Gasteiger partial charge in [-0.3, -0.25) is 0 Å². The minimum Gasteiger partial charge on any atom is -0.435 e. The van der Waals surface area contributed by atoms with E-state index in [2.05, 4.69) is 24.3 Å². The molecule has 0 aliphatic heterocycles. The second-order valence-electron chi connectivity index (χ2n) is 3.99. The monoisotopic (exact) mass is 342 g/mol. The molecular formula is C12H8F2N4O2S2. The van der Waals surface area contributed by atoms with Gasteiger partial charge in [0.25, 0.3) is 5.22 Å². The van der Waals surface area contributed by atoms with E-state index in [1.807, 2.05) is 0 Å². The van der Waals surface area contributed by atoms with Gasteiger partial charge in [0.2, 0.25) is 5.89 Å². The van der Waals surface area contributed by atoms with Crippen molar-refractivity contribution in [3.8, 4) is 17.2 Å². The van der Waals surface area contributed by atoms with E-state index in [1.165, 1.54) is 35.4 Å². The topological polar surface area (TPSA) is 73.9 Å². The van der Waals surface area contributed by atoms with Gasteiger partial charge in [0, 0.05) is 17.3 Å². The number of aryl methyl sites for hydroxylation is 1. The molecule has 6 nitrogen and oxygen atoms in total. The number of ether oxygens (including phenoxy) is 1. The summed E-state index contributed by atoms with van der Waals surface area (Å²) in [5.41, 5.74) is 0.606. The predicted octanol–water partition coefficient (Wildman–Crippen LogP) is 3.65. The van der Waals surface area contributed by atoms with Gasteiger partial charge < -0.3 is 9.15 Å². The van der Waals surface area contributed by atoms with Crippen molar-refractivity contribution < 1.29 is 17.9 Å². The quantitative estimate of drug-likeness (QED) is 0.700. The summed E-state index contributed by atoms with van der Waals surface area (Å²) in [6, 6.07) is 5.95. The van der Waals surface area contributed by atoms with Gasteiger partial charge in [-0.1, -0.05) is 0 Å². The van der Waals surface area contributed by atoms with Gasteiger partial charge >= 0.3 is 6.61 Å². The molecule has 0 atom stereocenters. The predicted molar refractivity (Wildman–Crippen MR) is 75.1 cm³/mol. The summed E-state index contributed by atoms with van der Waals surface area (Å²) < 4.78 is 38.7. The van der Waals surface area contributed by atoms with Crippen LogP contribution in [-0.2, 0) is 0 Å². The minimum absolute atomic E-state index is 0.0669. The SMILES string of the molecule is Cc1nsc(Sc2nnc(-c3ccc(OC(F)F)cc3)o2)n1. The fraction of sp³-hybridized carbons (Fsp3) is 0.167. The Morgan fingerprint density at radius 3 is 2.64 bits per heavy atom.